The standard InChI is InChI=1S/C50H35N2OP/c1-50(2)43-30-34(18-22-38(43)39-23-19-35(31-44(39)50)33-26-28-51-29-27-33)32-16-20-36(21-17-32)52-45-14-8-6-12-40(45)41-24-25-47-48(49(41)52)42-13-7-9-15-46(42)54(47,53)37-10-4-3-5-11-37/h3-31H,1-2H3. The maximum absolute atomic E-state index is 15.4. The van der Waals surface area contributed by atoms with Crippen LogP contribution in [0.5, 0.6) is 0 Å². The summed E-state index contributed by atoms with van der Waals surface area (Å²) in [6, 6.07) is 58.2. The molecule has 0 saturated carbocycles. The smallest absolute Gasteiger partial charge is 0.172 e. The number of fused-ring (bicyclic) bond motifs is 10. The third-order valence-corrected chi connectivity index (χ3v) is 15.1. The fourth-order valence-corrected chi connectivity index (χ4v) is 12.3. The van der Waals surface area contributed by atoms with Crippen molar-refractivity contribution >= 4 is 44.9 Å². The molecule has 3 nitrogen and oxygen atoms in total. The lowest BCUT2D eigenvalue weighted by Crippen LogP contribution is -2.20. The minimum Gasteiger partial charge on any atom is -0.309 e. The third kappa shape index (κ3) is 4.25. The summed E-state index contributed by atoms with van der Waals surface area (Å²) < 4.78 is 17.8. The predicted molar refractivity (Wildman–Crippen MR) is 225 cm³/mol. The monoisotopic (exact) mass is 710 g/mol. The Morgan fingerprint density at radius 3 is 1.85 bits per heavy atom. The highest BCUT2D eigenvalue weighted by Gasteiger charge is 2.42. The average Bonchev–Trinajstić information content (AvgIpc) is 3.79. The molecule has 0 saturated heterocycles. The molecule has 2 aliphatic rings. The molecule has 1 aliphatic heterocycles. The molecule has 1 unspecified atom stereocenters. The summed E-state index contributed by atoms with van der Waals surface area (Å²) in [7, 11) is -3.08. The molecule has 0 fully saturated rings. The largest absolute Gasteiger partial charge is 0.309 e. The molecular formula is C50H35N2OP. The van der Waals surface area contributed by atoms with Crippen molar-refractivity contribution in [3.8, 4) is 50.2 Å². The van der Waals surface area contributed by atoms with E-state index in [0.29, 0.717) is 0 Å². The van der Waals surface area contributed by atoms with Gasteiger partial charge in [0.1, 0.15) is 0 Å². The second kappa shape index (κ2) is 11.4. The van der Waals surface area contributed by atoms with Gasteiger partial charge in [-0.3, -0.25) is 4.98 Å². The lowest BCUT2D eigenvalue weighted by molar-refractivity contribution is 0.593. The van der Waals surface area contributed by atoms with Gasteiger partial charge in [0.05, 0.1) is 11.0 Å². The summed E-state index contributed by atoms with van der Waals surface area (Å²) in [5.41, 5.74) is 15.4. The Morgan fingerprint density at radius 1 is 0.519 bits per heavy atom. The zero-order valence-electron chi connectivity index (χ0n) is 30.0. The van der Waals surface area contributed by atoms with Crippen LogP contribution in [0.1, 0.15) is 25.0 Å². The Bertz CT molecular complexity index is 3030. The summed E-state index contributed by atoms with van der Waals surface area (Å²) in [6.45, 7) is 4.69. The molecule has 0 radical (unpaired) electrons. The summed E-state index contributed by atoms with van der Waals surface area (Å²) in [6.07, 6.45) is 3.72. The van der Waals surface area contributed by atoms with Crippen LogP contribution < -0.4 is 15.9 Å². The molecule has 4 heteroatoms. The molecule has 0 N–H and O–H groups in total. The molecule has 54 heavy (non-hydrogen) atoms. The van der Waals surface area contributed by atoms with E-state index in [1.165, 1.54) is 49.9 Å². The first-order valence-electron chi connectivity index (χ1n) is 18.6. The van der Waals surface area contributed by atoms with Crippen molar-refractivity contribution in [1.82, 2.24) is 9.55 Å². The van der Waals surface area contributed by atoms with Gasteiger partial charge < -0.3 is 9.13 Å². The van der Waals surface area contributed by atoms with Crippen molar-refractivity contribution in [2.24, 2.45) is 0 Å². The number of hydrogen-bond acceptors (Lipinski definition) is 2. The number of hydrogen-bond donors (Lipinski definition) is 0. The number of nitrogens with zero attached hydrogens (tertiary/aromatic N) is 2. The average molecular weight is 711 g/mol. The number of pyridine rings is 1. The summed E-state index contributed by atoms with van der Waals surface area (Å²) >= 11 is 0. The lowest BCUT2D eigenvalue weighted by atomic mass is 9.81. The summed E-state index contributed by atoms with van der Waals surface area (Å²) in [5, 5.41) is 5.05. The highest BCUT2D eigenvalue weighted by molar-refractivity contribution is 7.86. The van der Waals surface area contributed by atoms with Crippen molar-refractivity contribution in [3.63, 3.8) is 0 Å². The minimum atomic E-state index is -3.08. The maximum Gasteiger partial charge on any atom is 0.172 e. The van der Waals surface area contributed by atoms with E-state index in [-0.39, 0.29) is 5.41 Å². The molecule has 11 rings (SSSR count). The Labute approximate surface area is 314 Å². The Kier molecular flexibility index (Phi) is 6.58. The Hall–Kier alpha value is -6.28. The van der Waals surface area contributed by atoms with E-state index < -0.39 is 7.14 Å². The van der Waals surface area contributed by atoms with Crippen molar-refractivity contribution in [2.45, 2.75) is 19.3 Å². The SMILES string of the molecule is CC1(C)c2cc(-c3ccncc3)ccc2-c2ccc(-c3ccc(-n4c5ccccc5c5ccc6c(c54)-c4ccccc4P6(=O)c4ccccc4)cc3)cc21. The highest BCUT2D eigenvalue weighted by atomic mass is 31.2. The summed E-state index contributed by atoms with van der Waals surface area (Å²) in [5.74, 6) is 0. The Morgan fingerprint density at radius 2 is 1.13 bits per heavy atom. The molecule has 2 aromatic heterocycles. The van der Waals surface area contributed by atoms with Crippen molar-refractivity contribution < 1.29 is 4.57 Å². The number of benzene rings is 7. The molecule has 0 spiro atoms. The molecule has 3 heterocycles. The minimum absolute atomic E-state index is 0.136. The van der Waals surface area contributed by atoms with Gasteiger partial charge in [0, 0.05) is 55.7 Å². The molecule has 0 amide bonds. The molecular weight excluding hydrogens is 676 g/mol. The lowest BCUT2D eigenvalue weighted by Gasteiger charge is -2.22. The molecule has 256 valence electrons. The molecule has 1 aliphatic carbocycles. The van der Waals surface area contributed by atoms with E-state index >= 15 is 4.57 Å². The summed E-state index contributed by atoms with van der Waals surface area (Å²) in [4.78, 5) is 4.22. The van der Waals surface area contributed by atoms with Gasteiger partial charge in [-0.05, 0) is 98.6 Å². The fraction of sp³-hybridized carbons (Fsp3) is 0.0600. The van der Waals surface area contributed by atoms with E-state index in [4.69, 9.17) is 0 Å². The second-order valence-corrected chi connectivity index (χ2v) is 17.8. The topological polar surface area (TPSA) is 34.9 Å². The van der Waals surface area contributed by atoms with Crippen molar-refractivity contribution in [2.75, 3.05) is 0 Å². The van der Waals surface area contributed by atoms with E-state index in [0.717, 1.165) is 49.1 Å². The Balaban J connectivity index is 1.05. The second-order valence-electron chi connectivity index (χ2n) is 15.1. The van der Waals surface area contributed by atoms with Crippen molar-refractivity contribution in [3.05, 3.63) is 187 Å². The van der Waals surface area contributed by atoms with Gasteiger partial charge in [0.2, 0.25) is 0 Å². The first-order valence-corrected chi connectivity index (χ1v) is 20.3. The van der Waals surface area contributed by atoms with Gasteiger partial charge >= 0.3 is 0 Å². The van der Waals surface area contributed by atoms with E-state index in [2.05, 4.69) is 151 Å². The normalized spacial score (nSPS) is 16.3. The third-order valence-electron chi connectivity index (χ3n) is 11.9. The van der Waals surface area contributed by atoms with Crippen LogP contribution in [-0.4, -0.2) is 9.55 Å². The van der Waals surface area contributed by atoms with E-state index in [1.807, 2.05) is 48.8 Å². The number of rotatable bonds is 4. The van der Waals surface area contributed by atoms with E-state index in [1.54, 1.807) is 0 Å². The maximum atomic E-state index is 15.4. The van der Waals surface area contributed by atoms with Crippen LogP contribution in [0.2, 0.25) is 0 Å². The number of para-hydroxylation sites is 1. The van der Waals surface area contributed by atoms with Gasteiger partial charge in [-0.1, -0.05) is 129 Å². The van der Waals surface area contributed by atoms with Crippen LogP contribution in [0.25, 0.3) is 72.0 Å². The van der Waals surface area contributed by atoms with Gasteiger partial charge in [-0.25, -0.2) is 0 Å². The first-order chi connectivity index (χ1) is 26.4. The van der Waals surface area contributed by atoms with Crippen LogP contribution in [0.15, 0.2) is 176 Å². The van der Waals surface area contributed by atoms with Crippen LogP contribution in [0.3, 0.4) is 0 Å². The quantitative estimate of drug-likeness (QED) is 0.170. The fourth-order valence-electron chi connectivity index (χ4n) is 9.29. The van der Waals surface area contributed by atoms with Crippen LogP contribution in [-0.2, 0) is 9.98 Å². The molecule has 9 aromatic rings. The number of aromatic nitrogens is 2. The highest BCUT2D eigenvalue weighted by Crippen LogP contribution is 2.55. The van der Waals surface area contributed by atoms with Gasteiger partial charge in [0.25, 0.3) is 0 Å². The van der Waals surface area contributed by atoms with Crippen LogP contribution in [0, 0.1) is 0 Å². The van der Waals surface area contributed by atoms with E-state index in [9.17, 15) is 0 Å². The molecule has 0 bridgehead atoms. The van der Waals surface area contributed by atoms with Gasteiger partial charge in [-0.15, -0.1) is 0 Å². The zero-order valence-corrected chi connectivity index (χ0v) is 30.9. The first kappa shape index (κ1) is 31.3. The van der Waals surface area contributed by atoms with Crippen LogP contribution in [0.4, 0.5) is 0 Å². The molecule has 1 atom stereocenters. The van der Waals surface area contributed by atoms with Crippen molar-refractivity contribution in [1.29, 1.82) is 0 Å². The zero-order chi connectivity index (χ0) is 36.2. The van der Waals surface area contributed by atoms with Crippen LogP contribution >= 0.6 is 7.14 Å². The molecule has 7 aromatic carbocycles. The van der Waals surface area contributed by atoms with Gasteiger partial charge in [0.15, 0.2) is 7.14 Å². The van der Waals surface area contributed by atoms with Gasteiger partial charge in [-0.2, -0.15) is 0 Å². The predicted octanol–water partition coefficient (Wildman–Crippen LogP) is 11.4.